The molecule has 3 rings (SSSR count). The number of pyridine rings is 1. The first kappa shape index (κ1) is 19.7. The molecule has 0 aliphatic rings. The van der Waals surface area contributed by atoms with Gasteiger partial charge >= 0.3 is 0 Å². The Kier molecular flexibility index (Phi) is 6.87. The zero-order chi connectivity index (χ0) is 19.8. The van der Waals surface area contributed by atoms with E-state index in [0.717, 1.165) is 40.9 Å². The van der Waals surface area contributed by atoms with E-state index in [-0.39, 0.29) is 5.91 Å². The highest BCUT2D eigenvalue weighted by Gasteiger charge is 2.02. The molecule has 1 aromatic heterocycles. The summed E-state index contributed by atoms with van der Waals surface area (Å²) < 4.78 is 5.11. The quantitative estimate of drug-likeness (QED) is 0.434. The first-order chi connectivity index (χ1) is 13.7. The van der Waals surface area contributed by atoms with E-state index in [4.69, 9.17) is 16.3 Å². The van der Waals surface area contributed by atoms with Crippen LogP contribution in [0.2, 0.25) is 5.02 Å². The minimum atomic E-state index is -0.111. The molecule has 2 aromatic carbocycles. The molecule has 144 valence electrons. The van der Waals surface area contributed by atoms with Gasteiger partial charge in [0.15, 0.2) is 0 Å². The summed E-state index contributed by atoms with van der Waals surface area (Å²) >= 11 is 6.01. The number of amides is 1. The molecule has 2 N–H and O–H groups in total. The third-order valence-corrected chi connectivity index (χ3v) is 4.45. The molecular formula is C22H22ClN3O2. The number of hydrogen-bond donors (Lipinski definition) is 2. The van der Waals surface area contributed by atoms with Gasteiger partial charge in [-0.3, -0.25) is 9.78 Å². The fraction of sp³-hybridized carbons (Fsp3) is 0.182. The summed E-state index contributed by atoms with van der Waals surface area (Å²) in [7, 11) is 1.62. The summed E-state index contributed by atoms with van der Waals surface area (Å²) in [5.41, 5.74) is 2.81. The van der Waals surface area contributed by atoms with E-state index >= 15 is 0 Å². The van der Waals surface area contributed by atoms with Crippen LogP contribution in [0.5, 0.6) is 5.75 Å². The summed E-state index contributed by atoms with van der Waals surface area (Å²) in [6.07, 6.45) is 5.88. The summed E-state index contributed by atoms with van der Waals surface area (Å²) in [6.45, 7) is 1.33. The Morgan fingerprint density at radius 3 is 2.75 bits per heavy atom. The van der Waals surface area contributed by atoms with Crippen LogP contribution in [0.4, 0.5) is 5.69 Å². The topological polar surface area (TPSA) is 63.2 Å². The Morgan fingerprint density at radius 2 is 1.96 bits per heavy atom. The third kappa shape index (κ3) is 5.47. The Morgan fingerprint density at radius 1 is 1.14 bits per heavy atom. The number of carbonyl (C=O) groups excluding carboxylic acids is 1. The highest BCUT2D eigenvalue weighted by atomic mass is 35.5. The number of fused-ring (bicyclic) bond motifs is 1. The molecule has 0 saturated carbocycles. The number of benzene rings is 2. The molecule has 0 atom stereocenters. The molecular weight excluding hydrogens is 374 g/mol. The predicted molar refractivity (Wildman–Crippen MR) is 115 cm³/mol. The van der Waals surface area contributed by atoms with E-state index in [2.05, 4.69) is 15.6 Å². The van der Waals surface area contributed by atoms with Crippen LogP contribution in [0.3, 0.4) is 0 Å². The second kappa shape index (κ2) is 9.76. The maximum atomic E-state index is 11.9. The van der Waals surface area contributed by atoms with Crippen molar-refractivity contribution < 1.29 is 9.53 Å². The van der Waals surface area contributed by atoms with E-state index in [1.807, 2.05) is 48.5 Å². The number of methoxy groups -OCH3 is 1. The van der Waals surface area contributed by atoms with Crippen molar-refractivity contribution in [1.82, 2.24) is 10.3 Å². The lowest BCUT2D eigenvalue weighted by molar-refractivity contribution is -0.116. The van der Waals surface area contributed by atoms with Crippen molar-refractivity contribution in [2.75, 3.05) is 25.5 Å². The Balaban J connectivity index is 1.42. The molecule has 0 saturated heterocycles. The van der Waals surface area contributed by atoms with Crippen LogP contribution >= 0.6 is 11.6 Å². The number of halogens is 1. The number of hydrogen-bond acceptors (Lipinski definition) is 4. The normalized spacial score (nSPS) is 10.9. The second-order valence-corrected chi connectivity index (χ2v) is 6.63. The first-order valence-electron chi connectivity index (χ1n) is 9.04. The summed E-state index contributed by atoms with van der Waals surface area (Å²) in [5, 5.41) is 7.97. The molecule has 1 amide bonds. The molecule has 0 unspecified atom stereocenters. The molecule has 28 heavy (non-hydrogen) atoms. The van der Waals surface area contributed by atoms with Gasteiger partial charge in [0.25, 0.3) is 0 Å². The molecule has 0 aliphatic heterocycles. The summed E-state index contributed by atoms with van der Waals surface area (Å²) in [4.78, 5) is 16.2. The molecule has 1 heterocycles. The summed E-state index contributed by atoms with van der Waals surface area (Å²) in [5.74, 6) is 0.680. The fourth-order valence-corrected chi connectivity index (χ4v) is 2.91. The van der Waals surface area contributed by atoms with Crippen molar-refractivity contribution in [2.24, 2.45) is 0 Å². The van der Waals surface area contributed by atoms with Crippen molar-refractivity contribution in [3.8, 4) is 5.75 Å². The lowest BCUT2D eigenvalue weighted by Gasteiger charge is -2.09. The van der Waals surface area contributed by atoms with Crippen molar-refractivity contribution in [1.29, 1.82) is 0 Å². The van der Waals surface area contributed by atoms with Gasteiger partial charge in [0.05, 0.1) is 12.6 Å². The second-order valence-electron chi connectivity index (χ2n) is 6.20. The Labute approximate surface area is 169 Å². The first-order valence-corrected chi connectivity index (χ1v) is 9.41. The van der Waals surface area contributed by atoms with Gasteiger partial charge in [-0.25, -0.2) is 0 Å². The van der Waals surface area contributed by atoms with Gasteiger partial charge < -0.3 is 15.4 Å². The Hall–Kier alpha value is -3.05. The molecule has 6 heteroatoms. The molecule has 0 aliphatic carbocycles. The molecule has 3 aromatic rings. The number of carbonyl (C=O) groups is 1. The van der Waals surface area contributed by atoms with Crippen LogP contribution in [-0.4, -0.2) is 31.1 Å². The van der Waals surface area contributed by atoms with Crippen LogP contribution in [0.15, 0.2) is 60.8 Å². The monoisotopic (exact) mass is 395 g/mol. The smallest absolute Gasteiger partial charge is 0.244 e. The van der Waals surface area contributed by atoms with Crippen LogP contribution < -0.4 is 15.4 Å². The van der Waals surface area contributed by atoms with Crippen molar-refractivity contribution in [3.63, 3.8) is 0 Å². The average Bonchev–Trinajstić information content (AvgIpc) is 2.72. The molecule has 0 spiro atoms. The predicted octanol–water partition coefficient (Wildman–Crippen LogP) is 4.53. The number of ether oxygens (including phenoxy) is 1. The standard InChI is InChI=1S/C22H22ClN3O2/c1-28-18-7-3-16(4-8-18)5-10-22(27)26-13-2-12-24-20-11-14-25-21-15-17(23)6-9-19(20)21/h3-11,14-15H,2,12-13H2,1H3,(H,24,25)(H,26,27)/b10-5+. The number of anilines is 1. The molecule has 0 fully saturated rings. The van der Waals surface area contributed by atoms with Gasteiger partial charge in [-0.1, -0.05) is 23.7 Å². The number of rotatable bonds is 8. The molecule has 0 bridgehead atoms. The molecule has 5 nitrogen and oxygen atoms in total. The van der Waals surface area contributed by atoms with Crippen molar-refractivity contribution >= 4 is 40.2 Å². The maximum Gasteiger partial charge on any atom is 0.244 e. The SMILES string of the molecule is COc1ccc(/C=C/C(=O)NCCCNc2ccnc3cc(Cl)ccc23)cc1. The van der Waals surface area contributed by atoms with Gasteiger partial charge in [0.2, 0.25) is 5.91 Å². The van der Waals surface area contributed by atoms with Gasteiger partial charge in [-0.15, -0.1) is 0 Å². The number of nitrogens with zero attached hydrogens (tertiary/aromatic N) is 1. The minimum absolute atomic E-state index is 0.111. The van der Waals surface area contributed by atoms with E-state index in [9.17, 15) is 4.79 Å². The van der Waals surface area contributed by atoms with Crippen LogP contribution in [0.1, 0.15) is 12.0 Å². The van der Waals surface area contributed by atoms with E-state index in [1.54, 1.807) is 19.4 Å². The van der Waals surface area contributed by atoms with E-state index in [0.29, 0.717) is 11.6 Å². The lowest BCUT2D eigenvalue weighted by atomic mass is 10.2. The number of aromatic nitrogens is 1. The number of nitrogens with one attached hydrogen (secondary N) is 2. The maximum absolute atomic E-state index is 11.9. The van der Waals surface area contributed by atoms with Crippen molar-refractivity contribution in [2.45, 2.75) is 6.42 Å². The highest BCUT2D eigenvalue weighted by Crippen LogP contribution is 2.24. The van der Waals surface area contributed by atoms with Gasteiger partial charge in [-0.05, 0) is 54.5 Å². The zero-order valence-corrected chi connectivity index (χ0v) is 16.4. The zero-order valence-electron chi connectivity index (χ0n) is 15.6. The third-order valence-electron chi connectivity index (χ3n) is 4.22. The van der Waals surface area contributed by atoms with Crippen molar-refractivity contribution in [3.05, 3.63) is 71.4 Å². The van der Waals surface area contributed by atoms with Crippen LogP contribution in [0.25, 0.3) is 17.0 Å². The van der Waals surface area contributed by atoms with Crippen LogP contribution in [0, 0.1) is 0 Å². The largest absolute Gasteiger partial charge is 0.497 e. The average molecular weight is 396 g/mol. The summed E-state index contributed by atoms with van der Waals surface area (Å²) in [6, 6.07) is 15.1. The molecule has 0 radical (unpaired) electrons. The Bertz CT molecular complexity index is 971. The highest BCUT2D eigenvalue weighted by molar-refractivity contribution is 6.31. The minimum Gasteiger partial charge on any atom is -0.497 e. The van der Waals surface area contributed by atoms with Gasteiger partial charge in [0.1, 0.15) is 5.75 Å². The van der Waals surface area contributed by atoms with E-state index < -0.39 is 0 Å². The van der Waals surface area contributed by atoms with E-state index in [1.165, 1.54) is 6.08 Å². The lowest BCUT2D eigenvalue weighted by Crippen LogP contribution is -2.23. The van der Waals surface area contributed by atoms with Gasteiger partial charge in [-0.2, -0.15) is 0 Å². The van der Waals surface area contributed by atoms with Crippen LogP contribution in [-0.2, 0) is 4.79 Å². The fourth-order valence-electron chi connectivity index (χ4n) is 2.74. The van der Waals surface area contributed by atoms with Gasteiger partial charge in [0, 0.05) is 41.5 Å².